The van der Waals surface area contributed by atoms with Gasteiger partial charge in [0.1, 0.15) is 5.54 Å². The molecule has 1 aliphatic carbocycles. The SMILES string of the molecule is CCC(C#N)(COC)NC1CCCCCC1. The lowest BCUT2D eigenvalue weighted by Gasteiger charge is -2.30. The average molecular weight is 224 g/mol. The molecule has 0 heterocycles. The lowest BCUT2D eigenvalue weighted by molar-refractivity contribution is 0.125. The first-order valence-corrected chi connectivity index (χ1v) is 6.44. The van der Waals surface area contributed by atoms with Gasteiger partial charge in [-0.25, -0.2) is 0 Å². The second-order valence-corrected chi connectivity index (χ2v) is 4.81. The molecule has 0 aromatic heterocycles. The van der Waals surface area contributed by atoms with Crippen LogP contribution in [-0.2, 0) is 4.74 Å². The highest BCUT2D eigenvalue weighted by atomic mass is 16.5. The van der Waals surface area contributed by atoms with Crippen molar-refractivity contribution in [3.05, 3.63) is 0 Å². The molecule has 1 atom stereocenters. The third kappa shape index (κ3) is 3.77. The Morgan fingerprint density at radius 1 is 1.31 bits per heavy atom. The number of rotatable bonds is 5. The minimum Gasteiger partial charge on any atom is -0.382 e. The Kier molecular flexibility index (Phi) is 5.79. The van der Waals surface area contributed by atoms with Gasteiger partial charge in [-0.05, 0) is 19.3 Å². The minimum absolute atomic E-state index is 0.482. The summed E-state index contributed by atoms with van der Waals surface area (Å²) in [6.45, 7) is 2.53. The molecular formula is C13H24N2O. The van der Waals surface area contributed by atoms with Crippen LogP contribution in [0.3, 0.4) is 0 Å². The van der Waals surface area contributed by atoms with E-state index in [0.29, 0.717) is 12.6 Å². The zero-order valence-corrected chi connectivity index (χ0v) is 10.6. The number of nitrogens with one attached hydrogen (secondary N) is 1. The topological polar surface area (TPSA) is 45.0 Å². The number of nitrogens with zero attached hydrogens (tertiary/aromatic N) is 1. The maximum absolute atomic E-state index is 9.32. The van der Waals surface area contributed by atoms with Gasteiger partial charge in [-0.2, -0.15) is 5.26 Å². The molecule has 0 aromatic rings. The second kappa shape index (κ2) is 6.88. The predicted octanol–water partition coefficient (Wildman–Crippen LogP) is 2.62. The van der Waals surface area contributed by atoms with E-state index in [1.165, 1.54) is 38.5 Å². The van der Waals surface area contributed by atoms with Crippen LogP contribution in [-0.4, -0.2) is 25.3 Å². The van der Waals surface area contributed by atoms with Crippen molar-refractivity contribution in [2.75, 3.05) is 13.7 Å². The van der Waals surface area contributed by atoms with Gasteiger partial charge >= 0.3 is 0 Å². The van der Waals surface area contributed by atoms with Crippen LogP contribution in [0.15, 0.2) is 0 Å². The van der Waals surface area contributed by atoms with Crippen LogP contribution < -0.4 is 5.32 Å². The van der Waals surface area contributed by atoms with Crippen LogP contribution in [0.5, 0.6) is 0 Å². The number of methoxy groups -OCH3 is 1. The first-order chi connectivity index (χ1) is 7.76. The van der Waals surface area contributed by atoms with Crippen molar-refractivity contribution < 1.29 is 4.74 Å². The lowest BCUT2D eigenvalue weighted by atomic mass is 9.96. The summed E-state index contributed by atoms with van der Waals surface area (Å²) in [6, 6.07) is 2.90. The summed E-state index contributed by atoms with van der Waals surface area (Å²) >= 11 is 0. The van der Waals surface area contributed by atoms with E-state index in [2.05, 4.69) is 11.4 Å². The lowest BCUT2D eigenvalue weighted by Crippen LogP contribution is -2.52. The van der Waals surface area contributed by atoms with Gasteiger partial charge in [0.2, 0.25) is 0 Å². The number of nitriles is 1. The molecule has 0 amide bonds. The monoisotopic (exact) mass is 224 g/mol. The molecular weight excluding hydrogens is 200 g/mol. The summed E-state index contributed by atoms with van der Waals surface area (Å²) in [6.07, 6.45) is 8.46. The third-order valence-corrected chi connectivity index (χ3v) is 3.54. The van der Waals surface area contributed by atoms with E-state index < -0.39 is 5.54 Å². The Labute approximate surface area is 99.2 Å². The van der Waals surface area contributed by atoms with E-state index >= 15 is 0 Å². The van der Waals surface area contributed by atoms with Gasteiger partial charge in [-0.15, -0.1) is 0 Å². The Bertz CT molecular complexity index is 229. The summed E-state index contributed by atoms with van der Waals surface area (Å²) in [4.78, 5) is 0. The van der Waals surface area contributed by atoms with E-state index in [4.69, 9.17) is 4.74 Å². The molecule has 0 spiro atoms. The molecule has 16 heavy (non-hydrogen) atoms. The van der Waals surface area contributed by atoms with E-state index in [-0.39, 0.29) is 0 Å². The highest BCUT2D eigenvalue weighted by Gasteiger charge is 2.30. The minimum atomic E-state index is -0.482. The van der Waals surface area contributed by atoms with Crippen LogP contribution in [0.1, 0.15) is 51.9 Å². The maximum atomic E-state index is 9.32. The highest BCUT2D eigenvalue weighted by Crippen LogP contribution is 2.21. The predicted molar refractivity (Wildman–Crippen MR) is 65.1 cm³/mol. The van der Waals surface area contributed by atoms with Crippen molar-refractivity contribution in [2.45, 2.75) is 63.5 Å². The van der Waals surface area contributed by atoms with Crippen molar-refractivity contribution in [3.8, 4) is 6.07 Å². The van der Waals surface area contributed by atoms with E-state index in [1.807, 2.05) is 6.92 Å². The standard InChI is InChI=1S/C13H24N2O/c1-3-13(10-14,11-16-2)15-12-8-6-4-5-7-9-12/h12,15H,3-9,11H2,1-2H3. The van der Waals surface area contributed by atoms with Gasteiger partial charge in [-0.1, -0.05) is 32.6 Å². The Balaban J connectivity index is 2.55. The van der Waals surface area contributed by atoms with E-state index in [0.717, 1.165) is 6.42 Å². The van der Waals surface area contributed by atoms with E-state index in [9.17, 15) is 5.26 Å². The number of hydrogen-bond acceptors (Lipinski definition) is 3. The van der Waals surface area contributed by atoms with Crippen molar-refractivity contribution in [2.24, 2.45) is 0 Å². The highest BCUT2D eigenvalue weighted by molar-refractivity contribution is 5.07. The summed E-state index contributed by atoms with van der Waals surface area (Å²) in [5, 5.41) is 12.8. The van der Waals surface area contributed by atoms with Crippen molar-refractivity contribution in [1.82, 2.24) is 5.32 Å². The van der Waals surface area contributed by atoms with Gasteiger partial charge < -0.3 is 4.74 Å². The van der Waals surface area contributed by atoms with Crippen LogP contribution in [0.4, 0.5) is 0 Å². The van der Waals surface area contributed by atoms with Crippen molar-refractivity contribution in [1.29, 1.82) is 5.26 Å². The molecule has 0 aliphatic heterocycles. The maximum Gasteiger partial charge on any atom is 0.130 e. The Morgan fingerprint density at radius 3 is 2.38 bits per heavy atom. The Morgan fingerprint density at radius 2 is 1.94 bits per heavy atom. The second-order valence-electron chi connectivity index (χ2n) is 4.81. The fraction of sp³-hybridized carbons (Fsp3) is 0.923. The normalized spacial score (nSPS) is 22.1. The zero-order valence-electron chi connectivity index (χ0n) is 10.6. The number of ether oxygens (including phenoxy) is 1. The molecule has 3 nitrogen and oxygen atoms in total. The first-order valence-electron chi connectivity index (χ1n) is 6.44. The average Bonchev–Trinajstić information content (AvgIpc) is 2.57. The molecule has 1 rings (SSSR count). The van der Waals surface area contributed by atoms with Gasteiger partial charge in [-0.3, -0.25) is 5.32 Å². The molecule has 1 fully saturated rings. The molecule has 1 aliphatic rings. The quantitative estimate of drug-likeness (QED) is 0.730. The molecule has 3 heteroatoms. The van der Waals surface area contributed by atoms with Gasteiger partial charge in [0.25, 0.3) is 0 Å². The van der Waals surface area contributed by atoms with Crippen LogP contribution in [0, 0.1) is 11.3 Å². The molecule has 0 bridgehead atoms. The molecule has 1 unspecified atom stereocenters. The third-order valence-electron chi connectivity index (χ3n) is 3.54. The smallest absolute Gasteiger partial charge is 0.130 e. The summed E-state index contributed by atoms with van der Waals surface area (Å²) in [7, 11) is 1.66. The molecule has 0 saturated heterocycles. The molecule has 0 aromatic carbocycles. The van der Waals surface area contributed by atoms with E-state index in [1.54, 1.807) is 7.11 Å². The molecule has 92 valence electrons. The summed E-state index contributed by atoms with van der Waals surface area (Å²) < 4.78 is 5.18. The Hall–Kier alpha value is -0.590. The molecule has 1 saturated carbocycles. The zero-order chi connectivity index (χ0) is 11.9. The molecule has 1 N–H and O–H groups in total. The van der Waals surface area contributed by atoms with Gasteiger partial charge in [0.05, 0.1) is 12.7 Å². The number of hydrogen-bond donors (Lipinski definition) is 1. The van der Waals surface area contributed by atoms with Crippen LogP contribution in [0.2, 0.25) is 0 Å². The molecule has 0 radical (unpaired) electrons. The van der Waals surface area contributed by atoms with Crippen LogP contribution >= 0.6 is 0 Å². The fourth-order valence-electron chi connectivity index (χ4n) is 2.45. The largest absolute Gasteiger partial charge is 0.382 e. The summed E-state index contributed by atoms with van der Waals surface area (Å²) in [5.41, 5.74) is -0.482. The van der Waals surface area contributed by atoms with Gasteiger partial charge in [0, 0.05) is 13.2 Å². The summed E-state index contributed by atoms with van der Waals surface area (Å²) in [5.74, 6) is 0. The van der Waals surface area contributed by atoms with Crippen molar-refractivity contribution >= 4 is 0 Å². The first kappa shape index (κ1) is 13.5. The van der Waals surface area contributed by atoms with Gasteiger partial charge in [0.15, 0.2) is 0 Å². The van der Waals surface area contributed by atoms with Crippen molar-refractivity contribution in [3.63, 3.8) is 0 Å². The van der Waals surface area contributed by atoms with Crippen LogP contribution in [0.25, 0.3) is 0 Å². The fourth-order valence-corrected chi connectivity index (χ4v) is 2.45.